The molecule has 0 amide bonds. The molecule has 0 aliphatic heterocycles. The molecule has 21 heavy (non-hydrogen) atoms. The monoisotopic (exact) mass is 284 g/mol. The molecule has 1 aliphatic carbocycles. The number of hydrogen-bond acceptors (Lipinski definition) is 3. The zero-order chi connectivity index (χ0) is 14.7. The van der Waals surface area contributed by atoms with E-state index in [2.05, 4.69) is 6.07 Å². The van der Waals surface area contributed by atoms with Crippen LogP contribution in [0.1, 0.15) is 35.6 Å². The lowest BCUT2D eigenvalue weighted by Gasteiger charge is -2.21. The molecule has 1 atom stereocenters. The summed E-state index contributed by atoms with van der Waals surface area (Å²) in [5, 5.41) is 9.96. The molecule has 1 aliphatic rings. The molecule has 0 saturated heterocycles. The van der Waals surface area contributed by atoms with Crippen molar-refractivity contribution in [3.05, 3.63) is 59.2 Å². The molecule has 0 spiro atoms. The quantitative estimate of drug-likeness (QED) is 0.931. The highest BCUT2D eigenvalue weighted by atomic mass is 16.5. The molecule has 0 heterocycles. The lowest BCUT2D eigenvalue weighted by Crippen LogP contribution is -2.09. The van der Waals surface area contributed by atoms with Crippen LogP contribution in [0.5, 0.6) is 11.5 Å². The van der Waals surface area contributed by atoms with Crippen molar-refractivity contribution >= 4 is 0 Å². The van der Waals surface area contributed by atoms with E-state index in [0.717, 1.165) is 41.9 Å². The summed E-state index contributed by atoms with van der Waals surface area (Å²) in [5.74, 6) is 1.69. The van der Waals surface area contributed by atoms with Gasteiger partial charge in [-0.15, -0.1) is 0 Å². The molecule has 1 N–H and O–H groups in total. The average molecular weight is 284 g/mol. The van der Waals surface area contributed by atoms with Crippen LogP contribution in [0.4, 0.5) is 0 Å². The number of rotatable bonds is 4. The summed E-state index contributed by atoms with van der Waals surface area (Å²) in [6.45, 7) is 0.512. The number of methoxy groups -OCH3 is 1. The Morgan fingerprint density at radius 2 is 2.05 bits per heavy atom. The first-order valence-electron chi connectivity index (χ1n) is 7.33. The van der Waals surface area contributed by atoms with Gasteiger partial charge in [-0.3, -0.25) is 0 Å². The highest BCUT2D eigenvalue weighted by Crippen LogP contribution is 2.32. The van der Waals surface area contributed by atoms with E-state index in [0.29, 0.717) is 6.61 Å². The Morgan fingerprint density at radius 1 is 1.14 bits per heavy atom. The van der Waals surface area contributed by atoms with Gasteiger partial charge in [0.05, 0.1) is 13.2 Å². The Hall–Kier alpha value is -2.00. The molecule has 2 aromatic rings. The standard InChI is InChI=1S/C18H20O3/c1-20-15-6-2-4-13(10-15)12-21-16-8-9-17-14(11-16)5-3-7-18(17)19/h2,4,6,8-11,18-19H,3,5,7,12H2,1H3. The number of aliphatic hydroxyl groups excluding tert-OH is 1. The van der Waals surface area contributed by atoms with E-state index in [9.17, 15) is 5.11 Å². The van der Waals surface area contributed by atoms with Crippen molar-refractivity contribution in [3.63, 3.8) is 0 Å². The lowest BCUT2D eigenvalue weighted by molar-refractivity contribution is 0.156. The smallest absolute Gasteiger partial charge is 0.120 e. The van der Waals surface area contributed by atoms with Gasteiger partial charge in [-0.2, -0.15) is 0 Å². The minimum atomic E-state index is -0.318. The Kier molecular flexibility index (Phi) is 4.11. The second kappa shape index (κ2) is 6.19. The fraction of sp³-hybridized carbons (Fsp3) is 0.333. The van der Waals surface area contributed by atoms with Crippen molar-refractivity contribution in [2.75, 3.05) is 7.11 Å². The molecular formula is C18H20O3. The van der Waals surface area contributed by atoms with Crippen LogP contribution in [0, 0.1) is 0 Å². The van der Waals surface area contributed by atoms with Crippen LogP contribution >= 0.6 is 0 Å². The van der Waals surface area contributed by atoms with Gasteiger partial charge in [-0.25, -0.2) is 0 Å². The van der Waals surface area contributed by atoms with Crippen molar-refractivity contribution in [3.8, 4) is 11.5 Å². The predicted octanol–water partition coefficient (Wildman–Crippen LogP) is 3.64. The average Bonchev–Trinajstić information content (AvgIpc) is 2.53. The summed E-state index contributed by atoms with van der Waals surface area (Å²) < 4.78 is 11.1. The Morgan fingerprint density at radius 3 is 2.90 bits per heavy atom. The third kappa shape index (κ3) is 3.19. The third-order valence-electron chi connectivity index (χ3n) is 3.94. The first-order valence-corrected chi connectivity index (χ1v) is 7.33. The molecule has 3 rings (SSSR count). The first-order chi connectivity index (χ1) is 10.3. The second-order valence-corrected chi connectivity index (χ2v) is 5.41. The molecular weight excluding hydrogens is 264 g/mol. The fourth-order valence-electron chi connectivity index (χ4n) is 2.78. The van der Waals surface area contributed by atoms with Crippen LogP contribution in [0.15, 0.2) is 42.5 Å². The summed E-state index contributed by atoms with van der Waals surface area (Å²) in [6, 6.07) is 13.9. The maximum atomic E-state index is 9.96. The van der Waals surface area contributed by atoms with E-state index in [4.69, 9.17) is 9.47 Å². The molecule has 2 aromatic carbocycles. The van der Waals surface area contributed by atoms with Gasteiger partial charge in [0.15, 0.2) is 0 Å². The van der Waals surface area contributed by atoms with E-state index in [-0.39, 0.29) is 6.10 Å². The van der Waals surface area contributed by atoms with Crippen LogP contribution in [-0.2, 0) is 13.0 Å². The fourth-order valence-corrected chi connectivity index (χ4v) is 2.78. The van der Waals surface area contributed by atoms with Gasteiger partial charge in [-0.05, 0) is 60.2 Å². The van der Waals surface area contributed by atoms with Gasteiger partial charge >= 0.3 is 0 Å². The third-order valence-corrected chi connectivity index (χ3v) is 3.94. The van der Waals surface area contributed by atoms with Gasteiger partial charge in [0, 0.05) is 0 Å². The topological polar surface area (TPSA) is 38.7 Å². The summed E-state index contributed by atoms with van der Waals surface area (Å²) in [6.07, 6.45) is 2.59. The van der Waals surface area contributed by atoms with E-state index >= 15 is 0 Å². The molecule has 0 fully saturated rings. The molecule has 0 saturated carbocycles. The molecule has 1 unspecified atom stereocenters. The van der Waals surface area contributed by atoms with Gasteiger partial charge in [-0.1, -0.05) is 18.2 Å². The Labute approximate surface area is 125 Å². The zero-order valence-electron chi connectivity index (χ0n) is 12.2. The molecule has 3 heteroatoms. The van der Waals surface area contributed by atoms with Crippen LogP contribution in [-0.4, -0.2) is 12.2 Å². The number of benzene rings is 2. The van der Waals surface area contributed by atoms with E-state index < -0.39 is 0 Å². The van der Waals surface area contributed by atoms with Crippen molar-refractivity contribution in [2.45, 2.75) is 32.0 Å². The zero-order valence-corrected chi connectivity index (χ0v) is 12.2. The summed E-state index contributed by atoms with van der Waals surface area (Å²) >= 11 is 0. The van der Waals surface area contributed by atoms with Crippen molar-refractivity contribution in [2.24, 2.45) is 0 Å². The highest BCUT2D eigenvalue weighted by Gasteiger charge is 2.18. The van der Waals surface area contributed by atoms with E-state index in [1.807, 2.05) is 36.4 Å². The predicted molar refractivity (Wildman–Crippen MR) is 81.7 cm³/mol. The number of ether oxygens (including phenoxy) is 2. The van der Waals surface area contributed by atoms with Crippen molar-refractivity contribution < 1.29 is 14.6 Å². The summed E-state index contributed by atoms with van der Waals surface area (Å²) in [4.78, 5) is 0. The summed E-state index contributed by atoms with van der Waals surface area (Å²) in [7, 11) is 1.66. The largest absolute Gasteiger partial charge is 0.497 e. The second-order valence-electron chi connectivity index (χ2n) is 5.41. The van der Waals surface area contributed by atoms with E-state index in [1.54, 1.807) is 7.11 Å². The molecule has 110 valence electrons. The van der Waals surface area contributed by atoms with Crippen LogP contribution < -0.4 is 9.47 Å². The maximum Gasteiger partial charge on any atom is 0.120 e. The van der Waals surface area contributed by atoms with E-state index in [1.165, 1.54) is 5.56 Å². The van der Waals surface area contributed by atoms with Crippen LogP contribution in [0.25, 0.3) is 0 Å². The molecule has 3 nitrogen and oxygen atoms in total. The van der Waals surface area contributed by atoms with Gasteiger partial charge < -0.3 is 14.6 Å². The molecule has 0 aromatic heterocycles. The molecule has 0 bridgehead atoms. The normalized spacial score (nSPS) is 17.1. The van der Waals surface area contributed by atoms with Gasteiger partial charge in [0.1, 0.15) is 18.1 Å². The first kappa shape index (κ1) is 14.0. The lowest BCUT2D eigenvalue weighted by atomic mass is 9.89. The van der Waals surface area contributed by atoms with Gasteiger partial charge in [0.2, 0.25) is 0 Å². The van der Waals surface area contributed by atoms with Crippen molar-refractivity contribution in [1.82, 2.24) is 0 Å². The van der Waals surface area contributed by atoms with Crippen LogP contribution in [0.2, 0.25) is 0 Å². The number of aryl methyl sites for hydroxylation is 1. The number of hydrogen-bond donors (Lipinski definition) is 1. The summed E-state index contributed by atoms with van der Waals surface area (Å²) in [5.41, 5.74) is 3.33. The Balaban J connectivity index is 1.70. The maximum absolute atomic E-state index is 9.96. The Bertz CT molecular complexity index is 622. The van der Waals surface area contributed by atoms with Crippen LogP contribution in [0.3, 0.4) is 0 Å². The SMILES string of the molecule is COc1cccc(COc2ccc3c(c2)CCCC3O)c1. The minimum absolute atomic E-state index is 0.318. The highest BCUT2D eigenvalue weighted by molar-refractivity contribution is 5.38. The number of aliphatic hydroxyl groups is 1. The minimum Gasteiger partial charge on any atom is -0.497 e. The van der Waals surface area contributed by atoms with Crippen molar-refractivity contribution in [1.29, 1.82) is 0 Å². The number of fused-ring (bicyclic) bond motifs is 1. The van der Waals surface area contributed by atoms with Gasteiger partial charge in [0.25, 0.3) is 0 Å². The molecule has 0 radical (unpaired) electrons.